The van der Waals surface area contributed by atoms with E-state index in [-0.39, 0.29) is 6.61 Å². The van der Waals surface area contributed by atoms with E-state index in [9.17, 15) is 4.21 Å². The lowest BCUT2D eigenvalue weighted by Gasteiger charge is -2.07. The molecule has 72 valence electrons. The monoisotopic (exact) mass is 221 g/mol. The van der Waals surface area contributed by atoms with Crippen molar-refractivity contribution in [2.24, 2.45) is 0 Å². The molecule has 0 heterocycles. The van der Waals surface area contributed by atoms with Gasteiger partial charge >= 0.3 is 0 Å². The van der Waals surface area contributed by atoms with E-state index in [0.29, 0.717) is 3.99 Å². The van der Waals surface area contributed by atoms with Crippen LogP contribution in [-0.4, -0.2) is 12.7 Å². The molecule has 0 fully saturated rings. The number of benzene rings is 1. The lowest BCUT2D eigenvalue weighted by molar-refractivity contribution is -0.0281. The van der Waals surface area contributed by atoms with E-state index in [1.54, 1.807) is 0 Å². The van der Waals surface area contributed by atoms with Gasteiger partial charge in [-0.1, -0.05) is 30.3 Å². The fourth-order valence-corrected chi connectivity index (χ4v) is 0.936. The van der Waals surface area contributed by atoms with E-state index in [4.69, 9.17) is 21.2 Å². The van der Waals surface area contributed by atoms with E-state index in [2.05, 4.69) is 0 Å². The van der Waals surface area contributed by atoms with Crippen LogP contribution in [-0.2, 0) is 22.7 Å². The Morgan fingerprint density at radius 2 is 2.08 bits per heavy atom. The minimum atomic E-state index is -2.31. The Morgan fingerprint density at radius 3 is 2.62 bits per heavy atom. The molecule has 0 amide bonds. The summed E-state index contributed by atoms with van der Waals surface area (Å²) in [4.78, 5) is 4.74. The predicted octanol–water partition coefficient (Wildman–Crippen LogP) is 1.71. The average molecular weight is 222 g/mol. The van der Waals surface area contributed by atoms with Gasteiger partial charge in [-0.05, 0) is 5.56 Å². The lowest BCUT2D eigenvalue weighted by Crippen LogP contribution is -2.14. The van der Waals surface area contributed by atoms with Gasteiger partial charge in [-0.25, -0.2) is 4.21 Å². The van der Waals surface area contributed by atoms with Crippen molar-refractivity contribution in [1.82, 2.24) is 3.99 Å². The van der Waals surface area contributed by atoms with Crippen LogP contribution >= 0.6 is 11.8 Å². The molecule has 1 rings (SSSR count). The maximum atomic E-state index is 10.3. The summed E-state index contributed by atoms with van der Waals surface area (Å²) in [5, 5.41) is 0. The third-order valence-electron chi connectivity index (χ3n) is 1.30. The summed E-state index contributed by atoms with van der Waals surface area (Å²) in [5.74, 6) is 0. The van der Waals surface area contributed by atoms with Crippen molar-refractivity contribution in [1.29, 1.82) is 0 Å². The van der Waals surface area contributed by atoms with Crippen molar-refractivity contribution < 1.29 is 13.6 Å². The predicted molar refractivity (Wildman–Crippen MR) is 49.7 cm³/mol. The van der Waals surface area contributed by atoms with Crippen molar-refractivity contribution in [2.45, 2.75) is 6.61 Å². The van der Waals surface area contributed by atoms with Crippen molar-refractivity contribution >= 4 is 23.0 Å². The Balaban J connectivity index is 2.39. The molecule has 13 heavy (non-hydrogen) atoms. The molecule has 0 bridgehead atoms. The summed E-state index contributed by atoms with van der Waals surface area (Å²) >= 11 is 2.92. The number of hydrogen-bond acceptors (Lipinski definition) is 2. The molecule has 0 aliphatic heterocycles. The molecular formula is C7H8ClNO3S. The van der Waals surface area contributed by atoms with Crippen molar-refractivity contribution in [3.05, 3.63) is 35.9 Å². The second kappa shape index (κ2) is 5.31. The van der Waals surface area contributed by atoms with Gasteiger partial charge in [-0.15, -0.1) is 0 Å². The van der Waals surface area contributed by atoms with Crippen LogP contribution in [0.3, 0.4) is 0 Å². The number of nitrogens with zero attached hydrogens (tertiary/aromatic N) is 1. The number of rotatable bonds is 4. The molecule has 0 saturated heterocycles. The maximum absolute atomic E-state index is 10.3. The molecule has 6 heteroatoms. The second-order valence-corrected chi connectivity index (χ2v) is 3.50. The van der Waals surface area contributed by atoms with Gasteiger partial charge in [-0.3, -0.25) is 9.39 Å². The zero-order valence-corrected chi connectivity index (χ0v) is 8.16. The highest BCUT2D eigenvalue weighted by Crippen LogP contribution is 2.05. The SMILES string of the molecule is O=S(O)N(Cl)OCc1ccccc1. The van der Waals surface area contributed by atoms with Gasteiger partial charge in [0.25, 0.3) is 11.3 Å². The fraction of sp³-hybridized carbons (Fsp3) is 0.143. The first-order valence-electron chi connectivity index (χ1n) is 3.44. The minimum Gasteiger partial charge on any atom is -0.291 e. The van der Waals surface area contributed by atoms with Crippen molar-refractivity contribution in [3.63, 3.8) is 0 Å². The Hall–Kier alpha value is -0.460. The summed E-state index contributed by atoms with van der Waals surface area (Å²) in [6.45, 7) is 0.163. The molecule has 0 saturated carbocycles. The van der Waals surface area contributed by atoms with Crippen LogP contribution in [0.4, 0.5) is 0 Å². The molecule has 0 radical (unpaired) electrons. The third-order valence-corrected chi connectivity index (χ3v) is 2.10. The maximum Gasteiger partial charge on any atom is 0.274 e. The van der Waals surface area contributed by atoms with Gasteiger partial charge in [0.15, 0.2) is 0 Å². The summed E-state index contributed by atoms with van der Waals surface area (Å²) in [6.07, 6.45) is 0. The van der Waals surface area contributed by atoms with Crippen LogP contribution in [0.25, 0.3) is 0 Å². The first kappa shape index (κ1) is 10.6. The Bertz CT molecular complexity index is 282. The van der Waals surface area contributed by atoms with E-state index in [1.807, 2.05) is 30.3 Å². The molecule has 1 aromatic carbocycles. The van der Waals surface area contributed by atoms with E-state index in [0.717, 1.165) is 5.56 Å². The quantitative estimate of drug-likeness (QED) is 0.479. The van der Waals surface area contributed by atoms with Crippen molar-refractivity contribution in [2.75, 3.05) is 0 Å². The second-order valence-electron chi connectivity index (χ2n) is 2.20. The summed E-state index contributed by atoms with van der Waals surface area (Å²) in [7, 11) is 0. The highest BCUT2D eigenvalue weighted by Gasteiger charge is 2.07. The largest absolute Gasteiger partial charge is 0.291 e. The van der Waals surface area contributed by atoms with E-state index < -0.39 is 11.3 Å². The Morgan fingerprint density at radius 1 is 1.46 bits per heavy atom. The van der Waals surface area contributed by atoms with Gasteiger partial charge in [0.2, 0.25) is 0 Å². The lowest BCUT2D eigenvalue weighted by atomic mass is 10.2. The first-order valence-corrected chi connectivity index (χ1v) is 4.84. The van der Waals surface area contributed by atoms with Crippen LogP contribution in [0, 0.1) is 0 Å². The van der Waals surface area contributed by atoms with Gasteiger partial charge in [0, 0.05) is 15.8 Å². The summed E-state index contributed by atoms with van der Waals surface area (Å²) < 4.78 is 19.1. The zero-order valence-electron chi connectivity index (χ0n) is 6.59. The molecule has 0 aromatic heterocycles. The molecule has 1 aromatic rings. The third kappa shape index (κ3) is 3.84. The Kier molecular flexibility index (Phi) is 4.34. The highest BCUT2D eigenvalue weighted by atomic mass is 35.5. The van der Waals surface area contributed by atoms with Gasteiger partial charge in [-0.2, -0.15) is 0 Å². The topological polar surface area (TPSA) is 49.8 Å². The summed E-state index contributed by atoms with van der Waals surface area (Å²) in [6, 6.07) is 9.20. The average Bonchev–Trinajstić information content (AvgIpc) is 2.15. The standard InChI is InChI=1S/C7H8ClNO3S/c8-9(13(10)11)12-6-7-4-2-1-3-5-7/h1-5H,6H2,(H,10,11). The minimum absolute atomic E-state index is 0.163. The Labute approximate surface area is 83.6 Å². The van der Waals surface area contributed by atoms with Gasteiger partial charge in [0.1, 0.15) is 0 Å². The van der Waals surface area contributed by atoms with Crippen molar-refractivity contribution in [3.8, 4) is 0 Å². The molecule has 4 nitrogen and oxygen atoms in total. The van der Waals surface area contributed by atoms with Crippen LogP contribution < -0.4 is 0 Å². The molecule has 1 unspecified atom stereocenters. The van der Waals surface area contributed by atoms with Crippen LogP contribution in [0.1, 0.15) is 5.56 Å². The molecular weight excluding hydrogens is 214 g/mol. The molecule has 1 atom stereocenters. The molecule has 0 aliphatic carbocycles. The fourth-order valence-electron chi connectivity index (χ4n) is 0.745. The van der Waals surface area contributed by atoms with Crippen LogP contribution in [0.2, 0.25) is 0 Å². The smallest absolute Gasteiger partial charge is 0.274 e. The number of halogens is 1. The zero-order chi connectivity index (χ0) is 9.68. The van der Waals surface area contributed by atoms with Gasteiger partial charge in [0.05, 0.1) is 6.61 Å². The molecule has 0 spiro atoms. The van der Waals surface area contributed by atoms with E-state index in [1.165, 1.54) is 0 Å². The molecule has 1 N–H and O–H groups in total. The highest BCUT2D eigenvalue weighted by molar-refractivity contribution is 7.77. The first-order chi connectivity index (χ1) is 6.20. The van der Waals surface area contributed by atoms with E-state index >= 15 is 0 Å². The van der Waals surface area contributed by atoms with Gasteiger partial charge < -0.3 is 0 Å². The van der Waals surface area contributed by atoms with Crippen LogP contribution in [0.5, 0.6) is 0 Å². The number of hydrogen-bond donors (Lipinski definition) is 1. The normalized spacial score (nSPS) is 13.2. The molecule has 0 aliphatic rings. The van der Waals surface area contributed by atoms with Crippen LogP contribution in [0.15, 0.2) is 30.3 Å². The summed E-state index contributed by atoms with van der Waals surface area (Å²) in [5.41, 5.74) is 0.874.